The summed E-state index contributed by atoms with van der Waals surface area (Å²) in [5.74, 6) is 1.85. The molecule has 1 aliphatic carbocycles. The van der Waals surface area contributed by atoms with Gasteiger partial charge in [-0.3, -0.25) is 0 Å². The van der Waals surface area contributed by atoms with Crippen LogP contribution >= 0.6 is 12.2 Å². The van der Waals surface area contributed by atoms with Crippen LogP contribution < -0.4 is 5.32 Å². The summed E-state index contributed by atoms with van der Waals surface area (Å²) in [6.07, 6.45) is 7.04. The van der Waals surface area contributed by atoms with Gasteiger partial charge in [0.1, 0.15) is 0 Å². The van der Waals surface area contributed by atoms with E-state index in [1.807, 2.05) is 0 Å². The smallest absolute Gasteiger partial charge is 0.169 e. The zero-order valence-electron chi connectivity index (χ0n) is 12.1. The van der Waals surface area contributed by atoms with Gasteiger partial charge in [-0.1, -0.05) is 49.6 Å². The van der Waals surface area contributed by atoms with Crippen LogP contribution in [-0.4, -0.2) is 23.1 Å². The standard InChI is InChI=1S/C17H24N2S/c20-17(18-12-14-6-2-1-3-7-14)19-11-10-15-8-4-5-9-16(15)13-19/h1-3,6-7,15-16H,4-5,8-13H2,(H,18,20)/t15-,16-/m0/s1. The Morgan fingerprint density at radius 2 is 1.85 bits per heavy atom. The summed E-state index contributed by atoms with van der Waals surface area (Å²) < 4.78 is 0. The number of hydrogen-bond donors (Lipinski definition) is 1. The van der Waals surface area contributed by atoms with Crippen molar-refractivity contribution in [2.75, 3.05) is 13.1 Å². The Labute approximate surface area is 127 Å². The van der Waals surface area contributed by atoms with Gasteiger partial charge in [0.15, 0.2) is 5.11 Å². The summed E-state index contributed by atoms with van der Waals surface area (Å²) >= 11 is 5.58. The van der Waals surface area contributed by atoms with Crippen LogP contribution in [0.1, 0.15) is 37.7 Å². The van der Waals surface area contributed by atoms with E-state index in [-0.39, 0.29) is 0 Å². The van der Waals surface area contributed by atoms with Crippen LogP contribution in [0.5, 0.6) is 0 Å². The van der Waals surface area contributed by atoms with Crippen LogP contribution in [0.25, 0.3) is 0 Å². The highest BCUT2D eigenvalue weighted by molar-refractivity contribution is 7.80. The van der Waals surface area contributed by atoms with Crippen LogP contribution in [0.4, 0.5) is 0 Å². The van der Waals surface area contributed by atoms with Gasteiger partial charge in [-0.2, -0.15) is 0 Å². The van der Waals surface area contributed by atoms with E-state index in [0.29, 0.717) is 0 Å². The van der Waals surface area contributed by atoms with Crippen molar-refractivity contribution in [1.82, 2.24) is 10.2 Å². The zero-order chi connectivity index (χ0) is 13.8. The van der Waals surface area contributed by atoms with Crippen molar-refractivity contribution in [1.29, 1.82) is 0 Å². The van der Waals surface area contributed by atoms with Crippen molar-refractivity contribution in [2.24, 2.45) is 11.8 Å². The Bertz CT molecular complexity index is 446. The topological polar surface area (TPSA) is 15.3 Å². The van der Waals surface area contributed by atoms with E-state index in [0.717, 1.165) is 30.0 Å². The summed E-state index contributed by atoms with van der Waals surface area (Å²) in [4.78, 5) is 2.39. The van der Waals surface area contributed by atoms with Crippen LogP contribution in [0.15, 0.2) is 30.3 Å². The first-order valence-corrected chi connectivity index (χ1v) is 8.30. The molecule has 0 unspecified atom stereocenters. The van der Waals surface area contributed by atoms with Gasteiger partial charge in [-0.15, -0.1) is 0 Å². The van der Waals surface area contributed by atoms with Gasteiger partial charge in [0.25, 0.3) is 0 Å². The minimum Gasteiger partial charge on any atom is -0.358 e. The van der Waals surface area contributed by atoms with E-state index in [1.165, 1.54) is 44.2 Å². The molecule has 2 aliphatic rings. The molecule has 0 amide bonds. The zero-order valence-corrected chi connectivity index (χ0v) is 12.9. The monoisotopic (exact) mass is 288 g/mol. The molecule has 0 spiro atoms. The van der Waals surface area contributed by atoms with E-state index >= 15 is 0 Å². The molecule has 0 bridgehead atoms. The number of piperidine rings is 1. The van der Waals surface area contributed by atoms with E-state index < -0.39 is 0 Å². The molecule has 1 heterocycles. The molecule has 1 aromatic carbocycles. The molecule has 2 nitrogen and oxygen atoms in total. The molecular weight excluding hydrogens is 264 g/mol. The lowest BCUT2D eigenvalue weighted by Gasteiger charge is -2.42. The third-order valence-electron chi connectivity index (χ3n) is 4.86. The van der Waals surface area contributed by atoms with E-state index in [9.17, 15) is 0 Å². The van der Waals surface area contributed by atoms with Crippen LogP contribution in [0.2, 0.25) is 0 Å². The van der Waals surface area contributed by atoms with Gasteiger partial charge in [-0.25, -0.2) is 0 Å². The summed E-state index contributed by atoms with van der Waals surface area (Å²) in [6, 6.07) is 10.5. The predicted octanol–water partition coefficient (Wildman–Crippen LogP) is 3.57. The van der Waals surface area contributed by atoms with Gasteiger partial charge in [-0.05, 0) is 42.5 Å². The van der Waals surface area contributed by atoms with Crippen LogP contribution in [-0.2, 0) is 6.54 Å². The van der Waals surface area contributed by atoms with Crippen molar-refractivity contribution in [2.45, 2.75) is 38.6 Å². The van der Waals surface area contributed by atoms with Gasteiger partial charge in [0, 0.05) is 19.6 Å². The molecule has 1 aliphatic heterocycles. The second-order valence-corrected chi connectivity index (χ2v) is 6.57. The maximum Gasteiger partial charge on any atom is 0.169 e. The van der Waals surface area contributed by atoms with Crippen LogP contribution in [0, 0.1) is 11.8 Å². The number of fused-ring (bicyclic) bond motifs is 1. The Balaban J connectivity index is 1.50. The highest BCUT2D eigenvalue weighted by Crippen LogP contribution is 2.35. The highest BCUT2D eigenvalue weighted by Gasteiger charge is 2.31. The molecule has 0 aromatic heterocycles. The summed E-state index contributed by atoms with van der Waals surface area (Å²) in [5, 5.41) is 4.36. The molecule has 2 fully saturated rings. The van der Waals surface area contributed by atoms with Gasteiger partial charge < -0.3 is 10.2 Å². The normalized spacial score (nSPS) is 25.9. The second kappa shape index (κ2) is 6.57. The van der Waals surface area contributed by atoms with Gasteiger partial charge in [0.2, 0.25) is 0 Å². The molecular formula is C17H24N2S. The molecule has 1 N–H and O–H groups in total. The summed E-state index contributed by atoms with van der Waals surface area (Å²) in [6.45, 7) is 3.15. The maximum atomic E-state index is 5.58. The third kappa shape index (κ3) is 3.32. The number of nitrogens with zero attached hydrogens (tertiary/aromatic N) is 1. The quantitative estimate of drug-likeness (QED) is 0.838. The van der Waals surface area contributed by atoms with Gasteiger partial charge in [0.05, 0.1) is 0 Å². The summed E-state index contributed by atoms with van der Waals surface area (Å²) in [5.41, 5.74) is 1.29. The number of nitrogens with one attached hydrogen (secondary N) is 1. The van der Waals surface area contributed by atoms with Gasteiger partial charge >= 0.3 is 0 Å². The predicted molar refractivity (Wildman–Crippen MR) is 87.5 cm³/mol. The molecule has 1 aromatic rings. The lowest BCUT2D eigenvalue weighted by Crippen LogP contribution is -2.48. The first-order valence-electron chi connectivity index (χ1n) is 7.89. The number of rotatable bonds is 2. The Morgan fingerprint density at radius 3 is 2.65 bits per heavy atom. The Morgan fingerprint density at radius 1 is 1.10 bits per heavy atom. The molecule has 108 valence electrons. The average molecular weight is 288 g/mol. The van der Waals surface area contributed by atoms with Crippen molar-refractivity contribution in [3.63, 3.8) is 0 Å². The lowest BCUT2D eigenvalue weighted by atomic mass is 9.75. The summed E-state index contributed by atoms with van der Waals surface area (Å²) in [7, 11) is 0. The van der Waals surface area contributed by atoms with Crippen molar-refractivity contribution < 1.29 is 0 Å². The van der Waals surface area contributed by atoms with Crippen molar-refractivity contribution in [3.8, 4) is 0 Å². The fourth-order valence-electron chi connectivity index (χ4n) is 3.67. The fourth-order valence-corrected chi connectivity index (χ4v) is 3.91. The largest absolute Gasteiger partial charge is 0.358 e. The first-order chi connectivity index (χ1) is 9.83. The first kappa shape index (κ1) is 13.9. The molecule has 3 rings (SSSR count). The number of benzene rings is 1. The second-order valence-electron chi connectivity index (χ2n) is 6.18. The molecule has 0 radical (unpaired) electrons. The Hall–Kier alpha value is -1.09. The fraction of sp³-hybridized carbons (Fsp3) is 0.588. The molecule has 3 heteroatoms. The minimum atomic E-state index is 0.838. The number of hydrogen-bond acceptors (Lipinski definition) is 1. The van der Waals surface area contributed by atoms with E-state index in [4.69, 9.17) is 12.2 Å². The number of likely N-dealkylation sites (tertiary alicyclic amines) is 1. The maximum absolute atomic E-state index is 5.58. The van der Waals surface area contributed by atoms with E-state index in [1.54, 1.807) is 0 Å². The molecule has 1 saturated heterocycles. The van der Waals surface area contributed by atoms with Crippen LogP contribution in [0.3, 0.4) is 0 Å². The SMILES string of the molecule is S=C(NCc1ccccc1)N1CC[C@@H]2CCCC[C@H]2C1. The minimum absolute atomic E-state index is 0.838. The molecule has 1 saturated carbocycles. The van der Waals surface area contributed by atoms with Crippen molar-refractivity contribution in [3.05, 3.63) is 35.9 Å². The van der Waals surface area contributed by atoms with E-state index in [2.05, 4.69) is 40.5 Å². The Kier molecular flexibility index (Phi) is 4.56. The molecule has 2 atom stereocenters. The average Bonchev–Trinajstić information content (AvgIpc) is 2.53. The highest BCUT2D eigenvalue weighted by atomic mass is 32.1. The number of thiocarbonyl (C=S) groups is 1. The third-order valence-corrected chi connectivity index (χ3v) is 5.27. The lowest BCUT2D eigenvalue weighted by molar-refractivity contribution is 0.129. The molecule has 20 heavy (non-hydrogen) atoms. The van der Waals surface area contributed by atoms with Crippen molar-refractivity contribution >= 4 is 17.3 Å².